The molecule has 1 aliphatic heterocycles. The maximum Gasteiger partial charge on any atom is 0.227 e. The molecule has 4 aromatic carbocycles. The summed E-state index contributed by atoms with van der Waals surface area (Å²) in [6.45, 7) is 13.4. The van der Waals surface area contributed by atoms with Crippen LogP contribution >= 0.6 is 0 Å². The van der Waals surface area contributed by atoms with E-state index in [-0.39, 0.29) is 16.9 Å². The Bertz CT molecular complexity index is 1750. The van der Waals surface area contributed by atoms with E-state index in [0.29, 0.717) is 5.89 Å². The zero-order valence-electron chi connectivity index (χ0n) is 25.4. The number of oxazole rings is 1. The molecule has 0 fully saturated rings. The van der Waals surface area contributed by atoms with Crippen LogP contribution in [0.2, 0.25) is 0 Å². The maximum atomic E-state index is 6.46. The fourth-order valence-corrected chi connectivity index (χ4v) is 5.47. The van der Waals surface area contributed by atoms with Crippen LogP contribution in [0.3, 0.4) is 0 Å². The lowest BCUT2D eigenvalue weighted by Gasteiger charge is -2.24. The van der Waals surface area contributed by atoms with Gasteiger partial charge in [-0.3, -0.25) is 5.01 Å². The topological polar surface area (TPSA) is 41.6 Å². The van der Waals surface area contributed by atoms with Gasteiger partial charge in [-0.1, -0.05) is 114 Å². The third kappa shape index (κ3) is 5.67. The van der Waals surface area contributed by atoms with Gasteiger partial charge >= 0.3 is 0 Å². The van der Waals surface area contributed by atoms with Gasteiger partial charge in [-0.15, -0.1) is 0 Å². The number of benzene rings is 4. The van der Waals surface area contributed by atoms with Crippen molar-refractivity contribution in [3.63, 3.8) is 0 Å². The Labute approximate surface area is 249 Å². The van der Waals surface area contributed by atoms with E-state index >= 15 is 0 Å². The highest BCUT2D eigenvalue weighted by Gasteiger charge is 2.29. The molecule has 4 nitrogen and oxygen atoms in total. The molecule has 0 radical (unpaired) electrons. The van der Waals surface area contributed by atoms with Crippen molar-refractivity contribution in [2.24, 2.45) is 5.10 Å². The minimum absolute atomic E-state index is 0.0234. The summed E-state index contributed by atoms with van der Waals surface area (Å²) in [7, 11) is 0. The Morgan fingerprint density at radius 2 is 1.43 bits per heavy atom. The van der Waals surface area contributed by atoms with E-state index in [0.717, 1.165) is 34.5 Å². The molecule has 1 atom stereocenters. The van der Waals surface area contributed by atoms with Crippen LogP contribution in [0.1, 0.15) is 76.3 Å². The largest absolute Gasteiger partial charge is 0.436 e. The van der Waals surface area contributed by atoms with Crippen molar-refractivity contribution < 1.29 is 4.42 Å². The molecule has 0 spiro atoms. The summed E-state index contributed by atoms with van der Waals surface area (Å²) in [5.74, 6) is 0.643. The van der Waals surface area contributed by atoms with E-state index in [9.17, 15) is 0 Å². The SMILES string of the molecule is CC(C)(C)c1cc(C(C)(C)C)c2oc(-c3ccc(N4N=C(C=Cc5ccccc5)CC4c4ccccc4)cc3)nc2c1. The lowest BCUT2D eigenvalue weighted by Crippen LogP contribution is -2.18. The van der Waals surface area contributed by atoms with Gasteiger partial charge in [0, 0.05) is 17.5 Å². The summed E-state index contributed by atoms with van der Waals surface area (Å²) in [4.78, 5) is 4.97. The molecule has 6 rings (SSSR count). The second-order valence-electron chi connectivity index (χ2n) is 13.2. The lowest BCUT2D eigenvalue weighted by atomic mass is 9.80. The second kappa shape index (κ2) is 10.8. The number of rotatable bonds is 5. The van der Waals surface area contributed by atoms with Crippen molar-refractivity contribution >= 4 is 28.6 Å². The quantitative estimate of drug-likeness (QED) is 0.217. The average Bonchev–Trinajstić information content (AvgIpc) is 3.60. The van der Waals surface area contributed by atoms with Gasteiger partial charge in [0.15, 0.2) is 5.58 Å². The molecule has 0 bridgehead atoms. The number of aromatic nitrogens is 1. The van der Waals surface area contributed by atoms with E-state index in [4.69, 9.17) is 14.5 Å². The van der Waals surface area contributed by atoms with Crippen molar-refractivity contribution in [2.75, 3.05) is 5.01 Å². The molecular weight excluding hydrogens is 514 g/mol. The third-order valence-corrected chi connectivity index (χ3v) is 7.93. The van der Waals surface area contributed by atoms with Gasteiger partial charge in [0.25, 0.3) is 0 Å². The normalized spacial score (nSPS) is 16.0. The molecule has 5 aromatic rings. The van der Waals surface area contributed by atoms with Crippen LogP contribution in [0.4, 0.5) is 5.69 Å². The summed E-state index contributed by atoms with van der Waals surface area (Å²) in [5.41, 5.74) is 9.67. The summed E-state index contributed by atoms with van der Waals surface area (Å²) in [6.07, 6.45) is 5.11. The van der Waals surface area contributed by atoms with Crippen LogP contribution in [0, 0.1) is 0 Å². The highest BCUT2D eigenvalue weighted by molar-refractivity contribution is 6.01. The van der Waals surface area contributed by atoms with Crippen molar-refractivity contribution in [2.45, 2.75) is 64.8 Å². The predicted molar refractivity (Wildman–Crippen MR) is 176 cm³/mol. The minimum Gasteiger partial charge on any atom is -0.436 e. The third-order valence-electron chi connectivity index (χ3n) is 7.93. The van der Waals surface area contributed by atoms with Gasteiger partial charge in [-0.2, -0.15) is 5.10 Å². The smallest absolute Gasteiger partial charge is 0.227 e. The fourth-order valence-electron chi connectivity index (χ4n) is 5.47. The molecule has 1 aliphatic rings. The summed E-state index contributed by atoms with van der Waals surface area (Å²) in [6, 6.07) is 34.0. The number of hydrazone groups is 1. The molecular formula is C38H39N3O. The summed E-state index contributed by atoms with van der Waals surface area (Å²) >= 11 is 0. The minimum atomic E-state index is -0.0625. The van der Waals surface area contributed by atoms with E-state index in [1.54, 1.807) is 0 Å². The van der Waals surface area contributed by atoms with Gasteiger partial charge in [-0.05, 0) is 63.9 Å². The van der Waals surface area contributed by atoms with Crippen molar-refractivity contribution in [3.8, 4) is 11.5 Å². The van der Waals surface area contributed by atoms with Crippen LogP contribution in [0.25, 0.3) is 28.6 Å². The zero-order chi connectivity index (χ0) is 29.5. The summed E-state index contributed by atoms with van der Waals surface area (Å²) < 4.78 is 6.46. The molecule has 0 N–H and O–H groups in total. The number of anilines is 1. The van der Waals surface area contributed by atoms with Gasteiger partial charge in [-0.25, -0.2) is 4.98 Å². The molecule has 4 heteroatoms. The number of fused-ring (bicyclic) bond motifs is 1. The molecule has 212 valence electrons. The molecule has 0 aliphatic carbocycles. The maximum absolute atomic E-state index is 6.46. The standard InChI is InChI=1S/C38H39N3O/c1-37(2,3)29-23-32(38(4,5)6)35-33(24-29)39-36(42-35)28-18-21-31(22-19-28)41-34(27-15-11-8-12-16-27)25-30(40-41)20-17-26-13-9-7-10-14-26/h7-24,34H,25H2,1-6H3. The Kier molecular flexibility index (Phi) is 7.10. The van der Waals surface area contributed by atoms with Gasteiger partial charge < -0.3 is 4.42 Å². The van der Waals surface area contributed by atoms with Crippen LogP contribution in [-0.2, 0) is 10.8 Å². The Morgan fingerprint density at radius 3 is 2.07 bits per heavy atom. The van der Waals surface area contributed by atoms with Crippen LogP contribution in [-0.4, -0.2) is 10.7 Å². The molecule has 0 saturated carbocycles. The first-order chi connectivity index (χ1) is 20.1. The second-order valence-corrected chi connectivity index (χ2v) is 13.2. The highest BCUT2D eigenvalue weighted by Crippen LogP contribution is 2.39. The molecule has 0 amide bonds. The first-order valence-corrected chi connectivity index (χ1v) is 14.8. The van der Waals surface area contributed by atoms with Crippen molar-refractivity contribution in [3.05, 3.63) is 125 Å². The summed E-state index contributed by atoms with van der Waals surface area (Å²) in [5, 5.41) is 7.21. The predicted octanol–water partition coefficient (Wildman–Crippen LogP) is 10.1. The zero-order valence-corrected chi connectivity index (χ0v) is 25.4. The van der Waals surface area contributed by atoms with Crippen LogP contribution < -0.4 is 5.01 Å². The van der Waals surface area contributed by atoms with Gasteiger partial charge in [0.1, 0.15) is 5.52 Å². The van der Waals surface area contributed by atoms with Gasteiger partial charge in [0.05, 0.1) is 17.4 Å². The monoisotopic (exact) mass is 553 g/mol. The average molecular weight is 554 g/mol. The van der Waals surface area contributed by atoms with Crippen LogP contribution in [0.15, 0.2) is 113 Å². The number of hydrogen-bond donors (Lipinski definition) is 0. The van der Waals surface area contributed by atoms with E-state index in [1.807, 2.05) is 6.07 Å². The van der Waals surface area contributed by atoms with E-state index in [2.05, 4.69) is 150 Å². The lowest BCUT2D eigenvalue weighted by molar-refractivity contribution is 0.552. The Morgan fingerprint density at radius 1 is 0.762 bits per heavy atom. The van der Waals surface area contributed by atoms with E-state index in [1.165, 1.54) is 22.3 Å². The Balaban J connectivity index is 1.34. The van der Waals surface area contributed by atoms with Gasteiger partial charge in [0.2, 0.25) is 5.89 Å². The molecule has 0 saturated heterocycles. The van der Waals surface area contributed by atoms with Crippen LogP contribution in [0.5, 0.6) is 0 Å². The molecule has 2 heterocycles. The van der Waals surface area contributed by atoms with Crippen molar-refractivity contribution in [1.29, 1.82) is 0 Å². The number of nitrogens with zero attached hydrogens (tertiary/aromatic N) is 3. The number of hydrogen-bond acceptors (Lipinski definition) is 4. The molecule has 1 aromatic heterocycles. The van der Waals surface area contributed by atoms with Crippen molar-refractivity contribution in [1.82, 2.24) is 4.98 Å². The first kappa shape index (κ1) is 27.7. The Hall–Kier alpha value is -4.44. The molecule has 1 unspecified atom stereocenters. The van der Waals surface area contributed by atoms with E-state index < -0.39 is 0 Å². The molecule has 42 heavy (non-hydrogen) atoms. The highest BCUT2D eigenvalue weighted by atomic mass is 16.3. The fraction of sp³-hybridized carbons (Fsp3) is 0.263. The first-order valence-electron chi connectivity index (χ1n) is 14.8. The number of allylic oxidation sites excluding steroid dienone is 1.